The van der Waals surface area contributed by atoms with Gasteiger partial charge in [0, 0.05) is 11.3 Å². The molecular formula is C20H16N4O. The number of rotatable bonds is 4. The Morgan fingerprint density at radius 1 is 1.00 bits per heavy atom. The fourth-order valence-corrected chi connectivity index (χ4v) is 2.35. The van der Waals surface area contributed by atoms with Crippen molar-refractivity contribution in [1.82, 2.24) is 4.98 Å². The molecule has 25 heavy (non-hydrogen) atoms. The van der Waals surface area contributed by atoms with Gasteiger partial charge in [0.05, 0.1) is 23.5 Å². The minimum absolute atomic E-state index is 0.182. The van der Waals surface area contributed by atoms with Crippen LogP contribution in [0.5, 0.6) is 0 Å². The Labute approximate surface area is 146 Å². The van der Waals surface area contributed by atoms with E-state index < -0.39 is 0 Å². The van der Waals surface area contributed by atoms with Gasteiger partial charge in [-0.3, -0.25) is 4.79 Å². The maximum Gasteiger partial charge on any atom is 0.257 e. The van der Waals surface area contributed by atoms with E-state index in [1.165, 1.54) is 0 Å². The molecule has 0 atom stereocenters. The third kappa shape index (κ3) is 4.01. The van der Waals surface area contributed by atoms with Gasteiger partial charge in [0.1, 0.15) is 5.82 Å². The Morgan fingerprint density at radius 2 is 1.72 bits per heavy atom. The van der Waals surface area contributed by atoms with E-state index in [9.17, 15) is 4.79 Å². The number of hydrogen-bond donors (Lipinski definition) is 2. The van der Waals surface area contributed by atoms with E-state index in [1.807, 2.05) is 43.3 Å². The van der Waals surface area contributed by atoms with Crippen LogP contribution in [0.25, 0.3) is 0 Å². The maximum absolute atomic E-state index is 12.3. The minimum Gasteiger partial charge on any atom is -0.354 e. The number of amides is 1. The van der Waals surface area contributed by atoms with E-state index in [0.717, 1.165) is 16.9 Å². The smallest absolute Gasteiger partial charge is 0.257 e. The summed E-state index contributed by atoms with van der Waals surface area (Å²) >= 11 is 0. The number of carbonyl (C=O) groups excluding carboxylic acids is 1. The lowest BCUT2D eigenvalue weighted by atomic mass is 10.1. The van der Waals surface area contributed by atoms with Gasteiger partial charge < -0.3 is 10.6 Å². The Hall–Kier alpha value is -3.65. The molecule has 0 fully saturated rings. The molecule has 5 heteroatoms. The number of aromatic nitrogens is 1. The topological polar surface area (TPSA) is 77.8 Å². The van der Waals surface area contributed by atoms with Crippen LogP contribution in [0, 0.1) is 18.3 Å². The van der Waals surface area contributed by atoms with Gasteiger partial charge in [0.2, 0.25) is 0 Å². The molecule has 122 valence electrons. The first kappa shape index (κ1) is 16.2. The fraction of sp³-hybridized carbons (Fsp3) is 0.0500. The first-order valence-electron chi connectivity index (χ1n) is 7.76. The molecule has 0 saturated heterocycles. The van der Waals surface area contributed by atoms with Crippen LogP contribution >= 0.6 is 0 Å². The quantitative estimate of drug-likeness (QED) is 0.750. The van der Waals surface area contributed by atoms with E-state index in [-0.39, 0.29) is 5.91 Å². The van der Waals surface area contributed by atoms with Crippen LogP contribution in [0.1, 0.15) is 21.5 Å². The minimum atomic E-state index is -0.182. The SMILES string of the molecule is Cc1ccccc1C(=O)Nc1ccc(Nc2ccc(C#N)cc2)cn1. The first-order chi connectivity index (χ1) is 12.2. The van der Waals surface area contributed by atoms with Gasteiger partial charge in [-0.1, -0.05) is 18.2 Å². The van der Waals surface area contributed by atoms with Crippen molar-refractivity contribution in [2.75, 3.05) is 10.6 Å². The Kier molecular flexibility index (Phi) is 4.72. The van der Waals surface area contributed by atoms with E-state index in [1.54, 1.807) is 30.5 Å². The fourth-order valence-electron chi connectivity index (χ4n) is 2.35. The van der Waals surface area contributed by atoms with Crippen LogP contribution in [0.3, 0.4) is 0 Å². The van der Waals surface area contributed by atoms with Crippen molar-refractivity contribution in [2.45, 2.75) is 6.92 Å². The first-order valence-corrected chi connectivity index (χ1v) is 7.76. The number of carbonyl (C=O) groups is 1. The second-order valence-electron chi connectivity index (χ2n) is 5.52. The van der Waals surface area contributed by atoms with Crippen LogP contribution in [0.2, 0.25) is 0 Å². The number of pyridine rings is 1. The molecule has 0 aliphatic rings. The molecule has 0 saturated carbocycles. The summed E-state index contributed by atoms with van der Waals surface area (Å²) in [6.07, 6.45) is 1.64. The molecule has 0 aliphatic carbocycles. The summed E-state index contributed by atoms with van der Waals surface area (Å²) < 4.78 is 0. The number of anilines is 3. The average Bonchev–Trinajstić information content (AvgIpc) is 2.64. The Bertz CT molecular complexity index is 925. The number of benzene rings is 2. The molecule has 3 rings (SSSR count). The summed E-state index contributed by atoms with van der Waals surface area (Å²) in [5, 5.41) is 14.8. The van der Waals surface area contributed by atoms with Crippen molar-refractivity contribution in [3.63, 3.8) is 0 Å². The summed E-state index contributed by atoms with van der Waals surface area (Å²) in [7, 11) is 0. The molecular weight excluding hydrogens is 312 g/mol. The summed E-state index contributed by atoms with van der Waals surface area (Å²) in [6.45, 7) is 1.90. The normalized spacial score (nSPS) is 9.92. The molecule has 2 N–H and O–H groups in total. The maximum atomic E-state index is 12.3. The predicted molar refractivity (Wildman–Crippen MR) is 97.8 cm³/mol. The van der Waals surface area contributed by atoms with Gasteiger partial charge in [-0.25, -0.2) is 4.98 Å². The average molecular weight is 328 g/mol. The largest absolute Gasteiger partial charge is 0.354 e. The van der Waals surface area contributed by atoms with Crippen molar-refractivity contribution >= 4 is 23.1 Å². The number of nitrogens with zero attached hydrogens (tertiary/aromatic N) is 2. The molecule has 0 radical (unpaired) electrons. The van der Waals surface area contributed by atoms with Crippen molar-refractivity contribution in [3.8, 4) is 6.07 Å². The highest BCUT2D eigenvalue weighted by Gasteiger charge is 2.09. The number of aryl methyl sites for hydroxylation is 1. The van der Waals surface area contributed by atoms with E-state index >= 15 is 0 Å². The molecule has 5 nitrogen and oxygen atoms in total. The van der Waals surface area contributed by atoms with Crippen LogP contribution in [0.15, 0.2) is 66.9 Å². The summed E-state index contributed by atoms with van der Waals surface area (Å²) in [6, 6.07) is 20.2. The summed E-state index contributed by atoms with van der Waals surface area (Å²) in [4.78, 5) is 16.5. The molecule has 1 heterocycles. The standard InChI is InChI=1S/C20H16N4O/c1-14-4-2-3-5-18(14)20(25)24-19-11-10-17(13-22-19)23-16-8-6-15(12-21)7-9-16/h2-11,13,23H,1H3,(H,22,24,25). The highest BCUT2D eigenvalue weighted by Crippen LogP contribution is 2.18. The van der Waals surface area contributed by atoms with Gasteiger partial charge in [-0.15, -0.1) is 0 Å². The number of nitriles is 1. The van der Waals surface area contributed by atoms with Crippen molar-refractivity contribution in [1.29, 1.82) is 5.26 Å². The number of nitrogens with one attached hydrogen (secondary N) is 2. The highest BCUT2D eigenvalue weighted by molar-refractivity contribution is 6.04. The zero-order chi connectivity index (χ0) is 17.6. The zero-order valence-corrected chi connectivity index (χ0v) is 13.7. The van der Waals surface area contributed by atoms with E-state index in [4.69, 9.17) is 5.26 Å². The van der Waals surface area contributed by atoms with E-state index in [2.05, 4.69) is 21.7 Å². The van der Waals surface area contributed by atoms with Gasteiger partial charge in [0.25, 0.3) is 5.91 Å². The molecule has 0 bridgehead atoms. The lowest BCUT2D eigenvalue weighted by molar-refractivity contribution is 0.102. The Morgan fingerprint density at radius 3 is 2.36 bits per heavy atom. The van der Waals surface area contributed by atoms with Crippen LogP contribution in [-0.2, 0) is 0 Å². The van der Waals surface area contributed by atoms with Crippen LogP contribution in [0.4, 0.5) is 17.2 Å². The van der Waals surface area contributed by atoms with Crippen LogP contribution < -0.4 is 10.6 Å². The molecule has 2 aromatic carbocycles. The summed E-state index contributed by atoms with van der Waals surface area (Å²) in [5.41, 5.74) is 3.80. The molecule has 3 aromatic rings. The van der Waals surface area contributed by atoms with Gasteiger partial charge in [-0.05, 0) is 55.0 Å². The molecule has 1 aromatic heterocycles. The predicted octanol–water partition coefficient (Wildman–Crippen LogP) is 4.26. The zero-order valence-electron chi connectivity index (χ0n) is 13.7. The lowest BCUT2D eigenvalue weighted by Crippen LogP contribution is -2.14. The van der Waals surface area contributed by atoms with Crippen molar-refractivity contribution < 1.29 is 4.79 Å². The monoisotopic (exact) mass is 328 g/mol. The van der Waals surface area contributed by atoms with Gasteiger partial charge in [-0.2, -0.15) is 5.26 Å². The third-order valence-electron chi connectivity index (χ3n) is 3.70. The molecule has 0 spiro atoms. The summed E-state index contributed by atoms with van der Waals surface area (Å²) in [5.74, 6) is 0.303. The van der Waals surface area contributed by atoms with Crippen molar-refractivity contribution in [3.05, 3.63) is 83.6 Å². The Balaban J connectivity index is 1.67. The van der Waals surface area contributed by atoms with Crippen molar-refractivity contribution in [2.24, 2.45) is 0 Å². The molecule has 0 unspecified atom stereocenters. The third-order valence-corrected chi connectivity index (χ3v) is 3.70. The second kappa shape index (κ2) is 7.28. The van der Waals surface area contributed by atoms with Crippen LogP contribution in [-0.4, -0.2) is 10.9 Å². The lowest BCUT2D eigenvalue weighted by Gasteiger charge is -2.09. The second-order valence-corrected chi connectivity index (χ2v) is 5.52. The molecule has 0 aliphatic heterocycles. The highest BCUT2D eigenvalue weighted by atomic mass is 16.1. The van der Waals surface area contributed by atoms with Gasteiger partial charge in [0.15, 0.2) is 0 Å². The molecule has 1 amide bonds. The van der Waals surface area contributed by atoms with Gasteiger partial charge >= 0.3 is 0 Å². The number of hydrogen-bond acceptors (Lipinski definition) is 4. The van der Waals surface area contributed by atoms with E-state index in [0.29, 0.717) is 16.9 Å².